The minimum atomic E-state index is -1.45. The first-order valence-corrected chi connectivity index (χ1v) is 10.6. The Balaban J connectivity index is 0.000000307. The average Bonchev–Trinajstić information content (AvgIpc) is 3.45. The summed E-state index contributed by atoms with van der Waals surface area (Å²) in [5, 5.41) is 25.4. The zero-order valence-corrected chi connectivity index (χ0v) is 19.4. The number of epoxide rings is 1. The van der Waals surface area contributed by atoms with Crippen molar-refractivity contribution in [2.24, 2.45) is 5.92 Å². The Morgan fingerprint density at radius 3 is 2.34 bits per heavy atom. The second kappa shape index (κ2) is 13.1. The van der Waals surface area contributed by atoms with Crippen LogP contribution in [-0.4, -0.2) is 53.3 Å². The van der Waals surface area contributed by atoms with Crippen LogP contribution in [0, 0.1) is 16.0 Å². The highest BCUT2D eigenvalue weighted by Gasteiger charge is 2.58. The molecule has 1 aliphatic carbocycles. The molecule has 2 unspecified atom stereocenters. The number of allylic oxidation sites excluding steroid dienone is 1. The van der Waals surface area contributed by atoms with E-state index in [0.717, 1.165) is 25.7 Å². The lowest BCUT2D eigenvalue weighted by Gasteiger charge is -2.33. The highest BCUT2D eigenvalue weighted by molar-refractivity contribution is 5.61. The molecule has 2 N–H and O–H groups in total. The lowest BCUT2D eigenvalue weighted by atomic mass is 9.76. The predicted molar refractivity (Wildman–Crippen MR) is 120 cm³/mol. The van der Waals surface area contributed by atoms with Crippen LogP contribution in [0.15, 0.2) is 35.9 Å². The van der Waals surface area contributed by atoms with Gasteiger partial charge >= 0.3 is 6.16 Å². The van der Waals surface area contributed by atoms with Gasteiger partial charge in [0.25, 0.3) is 5.69 Å². The number of aliphatic hydroxyl groups excluding tert-OH is 1. The van der Waals surface area contributed by atoms with E-state index in [2.05, 4.69) is 31.6 Å². The van der Waals surface area contributed by atoms with E-state index >= 15 is 0 Å². The van der Waals surface area contributed by atoms with Crippen LogP contribution in [0.25, 0.3) is 0 Å². The molecule has 0 spiro atoms. The molecule has 1 saturated heterocycles. The second-order valence-corrected chi connectivity index (χ2v) is 8.09. The van der Waals surface area contributed by atoms with Crippen LogP contribution in [0.2, 0.25) is 0 Å². The Kier molecular flexibility index (Phi) is 11.3. The molecule has 32 heavy (non-hydrogen) atoms. The van der Waals surface area contributed by atoms with Gasteiger partial charge in [-0.15, -0.1) is 0 Å². The van der Waals surface area contributed by atoms with Crippen molar-refractivity contribution in [3.05, 3.63) is 46.0 Å². The van der Waals surface area contributed by atoms with Crippen molar-refractivity contribution in [3.63, 3.8) is 0 Å². The van der Waals surface area contributed by atoms with Gasteiger partial charge in [-0.25, -0.2) is 4.79 Å². The van der Waals surface area contributed by atoms with Crippen LogP contribution in [-0.2, 0) is 9.47 Å². The molecule has 2 aliphatic rings. The summed E-state index contributed by atoms with van der Waals surface area (Å²) in [5.74, 6) is 0.648. The van der Waals surface area contributed by atoms with Crippen molar-refractivity contribution in [2.75, 3.05) is 14.2 Å². The van der Waals surface area contributed by atoms with Crippen molar-refractivity contribution in [1.29, 1.82) is 0 Å². The molecular formula is C23H35NO8. The fraction of sp³-hybridized carbons (Fsp3) is 0.609. The van der Waals surface area contributed by atoms with E-state index < -0.39 is 11.1 Å². The Labute approximate surface area is 189 Å². The van der Waals surface area contributed by atoms with E-state index in [1.165, 1.54) is 43.4 Å². The number of nitro benzene ring substituents is 1. The van der Waals surface area contributed by atoms with Crippen molar-refractivity contribution in [3.8, 4) is 5.75 Å². The Morgan fingerprint density at radius 2 is 1.84 bits per heavy atom. The highest BCUT2D eigenvalue weighted by Crippen LogP contribution is 2.50. The van der Waals surface area contributed by atoms with Crippen LogP contribution in [0.5, 0.6) is 5.75 Å². The number of non-ortho nitro benzene ring substituents is 1. The fourth-order valence-corrected chi connectivity index (χ4v) is 3.99. The third-order valence-corrected chi connectivity index (χ3v) is 5.71. The minimum Gasteiger partial charge on any atom is -0.449 e. The number of benzene rings is 1. The summed E-state index contributed by atoms with van der Waals surface area (Å²) in [6.07, 6.45) is 7.84. The third-order valence-electron chi connectivity index (χ3n) is 5.71. The lowest BCUT2D eigenvalue weighted by molar-refractivity contribution is -0.384. The largest absolute Gasteiger partial charge is 0.511 e. The van der Waals surface area contributed by atoms with Crippen LogP contribution >= 0.6 is 0 Å². The molecule has 4 atom stereocenters. The molecule has 0 aromatic heterocycles. The topological polar surface area (TPSA) is 132 Å². The molecule has 180 valence electrons. The van der Waals surface area contributed by atoms with Gasteiger partial charge in [-0.05, 0) is 52.2 Å². The van der Waals surface area contributed by atoms with E-state index in [-0.39, 0.29) is 17.0 Å². The molecule has 0 bridgehead atoms. The van der Waals surface area contributed by atoms with Crippen molar-refractivity contribution in [2.45, 2.75) is 70.7 Å². The molecule has 9 nitrogen and oxygen atoms in total. The SMILES string of the molecule is CO.COC1CCCCC1[C@@]1(C)O[C@@H]1CC=C(C)C.O=C(O)Oc1ccc([N+](=O)[O-])cc1. The molecule has 1 aliphatic heterocycles. The molecule has 0 radical (unpaired) electrons. The molecule has 1 heterocycles. The molecule has 0 amide bonds. The number of carboxylic acid groups (broad SMARTS) is 1. The van der Waals surface area contributed by atoms with Gasteiger partial charge in [0.1, 0.15) is 5.75 Å². The number of hydrogen-bond donors (Lipinski definition) is 2. The lowest BCUT2D eigenvalue weighted by Crippen LogP contribution is -2.37. The molecule has 3 rings (SSSR count). The van der Waals surface area contributed by atoms with Gasteiger partial charge in [0.2, 0.25) is 0 Å². The highest BCUT2D eigenvalue weighted by atomic mass is 16.7. The maximum atomic E-state index is 10.2. The maximum Gasteiger partial charge on any atom is 0.511 e. The third kappa shape index (κ3) is 8.22. The number of methoxy groups -OCH3 is 1. The van der Waals surface area contributed by atoms with E-state index in [1.54, 1.807) is 0 Å². The average molecular weight is 454 g/mol. The monoisotopic (exact) mass is 453 g/mol. The molecule has 9 heteroatoms. The fourth-order valence-electron chi connectivity index (χ4n) is 3.99. The number of ether oxygens (including phenoxy) is 3. The molecule has 1 aromatic carbocycles. The van der Waals surface area contributed by atoms with Crippen LogP contribution in [0.3, 0.4) is 0 Å². The number of rotatable bonds is 6. The summed E-state index contributed by atoms with van der Waals surface area (Å²) in [7, 11) is 2.85. The van der Waals surface area contributed by atoms with Gasteiger partial charge in [0, 0.05) is 32.3 Å². The quantitative estimate of drug-likeness (QED) is 0.154. The van der Waals surface area contributed by atoms with Gasteiger partial charge in [0.05, 0.1) is 22.7 Å². The summed E-state index contributed by atoms with van der Waals surface area (Å²) < 4.78 is 15.9. The summed E-state index contributed by atoms with van der Waals surface area (Å²) in [6, 6.07) is 4.76. The summed E-state index contributed by atoms with van der Waals surface area (Å²) in [4.78, 5) is 19.6. The first kappa shape index (κ1) is 27.5. The number of nitrogens with zero attached hydrogens (tertiary/aromatic N) is 1. The van der Waals surface area contributed by atoms with Crippen molar-refractivity contribution >= 4 is 11.8 Å². The predicted octanol–water partition coefficient (Wildman–Crippen LogP) is 4.97. The number of hydrogen-bond acceptors (Lipinski definition) is 7. The van der Waals surface area contributed by atoms with E-state index in [0.29, 0.717) is 18.1 Å². The second-order valence-electron chi connectivity index (χ2n) is 8.09. The molecular weight excluding hydrogens is 418 g/mol. The molecule has 2 fully saturated rings. The van der Waals surface area contributed by atoms with E-state index in [1.807, 2.05) is 7.11 Å². The Hall–Kier alpha value is -2.49. The van der Waals surface area contributed by atoms with Gasteiger partial charge in [0.15, 0.2) is 0 Å². The van der Waals surface area contributed by atoms with Gasteiger partial charge in [-0.1, -0.05) is 24.5 Å². The smallest absolute Gasteiger partial charge is 0.449 e. The maximum absolute atomic E-state index is 10.2. The van der Waals surface area contributed by atoms with Crippen LogP contribution in [0.4, 0.5) is 10.5 Å². The number of aliphatic hydroxyl groups is 1. The summed E-state index contributed by atoms with van der Waals surface area (Å²) >= 11 is 0. The number of nitro groups is 1. The van der Waals surface area contributed by atoms with Crippen molar-refractivity contribution < 1.29 is 34.1 Å². The molecule has 1 saturated carbocycles. The first-order valence-electron chi connectivity index (χ1n) is 10.6. The Morgan fingerprint density at radius 1 is 1.25 bits per heavy atom. The van der Waals surface area contributed by atoms with E-state index in [4.69, 9.17) is 19.7 Å². The van der Waals surface area contributed by atoms with E-state index in [9.17, 15) is 14.9 Å². The van der Waals surface area contributed by atoms with Crippen LogP contribution < -0.4 is 4.74 Å². The standard InChI is InChI=1S/C15H26O2.C7H5NO5.CH4O/c1-11(2)9-10-14-15(3,17-14)12-7-5-6-8-13(12)16-4;9-7(10)13-6-3-1-5(2-4-6)8(11)12;1-2/h9,12-14H,5-8,10H2,1-4H3;1-4H,(H,9,10);2H,1H3/t12?,13?,14-,15-;;/m1../s1. The zero-order valence-electron chi connectivity index (χ0n) is 19.4. The molecule has 1 aromatic rings. The number of carbonyl (C=O) groups is 1. The van der Waals surface area contributed by atoms with Crippen LogP contribution in [0.1, 0.15) is 52.9 Å². The Bertz CT molecular complexity index is 760. The summed E-state index contributed by atoms with van der Waals surface area (Å²) in [5.41, 5.74) is 1.35. The van der Waals surface area contributed by atoms with Crippen molar-refractivity contribution in [1.82, 2.24) is 0 Å². The normalized spacial score (nSPS) is 25.8. The zero-order chi connectivity index (χ0) is 24.3. The first-order chi connectivity index (χ1) is 15.2. The minimum absolute atomic E-state index is 0.0538. The van der Waals surface area contributed by atoms with Gasteiger partial charge in [-0.2, -0.15) is 0 Å². The summed E-state index contributed by atoms with van der Waals surface area (Å²) in [6.45, 7) is 6.58. The van der Waals surface area contributed by atoms with Gasteiger partial charge < -0.3 is 24.4 Å². The van der Waals surface area contributed by atoms with Gasteiger partial charge in [-0.3, -0.25) is 10.1 Å².